The normalized spacial score (nSPS) is 10.7. The summed E-state index contributed by atoms with van der Waals surface area (Å²) >= 11 is 1.53. The Bertz CT molecular complexity index is 946. The van der Waals surface area contributed by atoms with Crippen molar-refractivity contribution in [2.24, 2.45) is 0 Å². The van der Waals surface area contributed by atoms with Gasteiger partial charge in [-0.3, -0.25) is 4.79 Å². The van der Waals surface area contributed by atoms with Gasteiger partial charge in [0.05, 0.1) is 5.69 Å². The van der Waals surface area contributed by atoms with E-state index in [2.05, 4.69) is 5.32 Å². The lowest BCUT2D eigenvalue weighted by Crippen LogP contribution is -2.21. The Morgan fingerprint density at radius 2 is 1.91 bits per heavy atom. The zero-order valence-corrected chi connectivity index (χ0v) is 13.6. The predicted octanol–water partition coefficient (Wildman–Crippen LogP) is 4.08. The summed E-state index contributed by atoms with van der Waals surface area (Å²) in [5.41, 5.74) is 1.41. The van der Waals surface area contributed by atoms with Gasteiger partial charge in [-0.15, -0.1) is 11.8 Å². The number of hydrogen-bond donors (Lipinski definition) is 1. The molecular weight excluding hydrogens is 310 g/mol. The molecule has 0 aliphatic heterocycles. The number of para-hydroxylation sites is 2. The molecule has 3 rings (SSSR count). The molecule has 1 amide bonds. The lowest BCUT2D eigenvalue weighted by molar-refractivity contribution is 0.102. The van der Waals surface area contributed by atoms with E-state index in [1.165, 1.54) is 11.8 Å². The maximum absolute atomic E-state index is 12.5. The highest BCUT2D eigenvalue weighted by Crippen LogP contribution is 2.25. The Morgan fingerprint density at radius 1 is 1.13 bits per heavy atom. The van der Waals surface area contributed by atoms with E-state index < -0.39 is 11.5 Å². The predicted molar refractivity (Wildman–Crippen MR) is 93.4 cm³/mol. The van der Waals surface area contributed by atoms with Crippen LogP contribution in [0.25, 0.3) is 11.0 Å². The second kappa shape index (κ2) is 6.30. The van der Waals surface area contributed by atoms with Gasteiger partial charge in [-0.25, -0.2) is 4.79 Å². The fourth-order valence-corrected chi connectivity index (χ4v) is 2.94. The first kappa shape index (κ1) is 15.4. The minimum atomic E-state index is -0.633. The van der Waals surface area contributed by atoms with E-state index in [4.69, 9.17) is 4.42 Å². The average Bonchev–Trinajstić information content (AvgIpc) is 2.55. The highest BCUT2D eigenvalue weighted by atomic mass is 32.2. The highest BCUT2D eigenvalue weighted by molar-refractivity contribution is 7.98. The van der Waals surface area contributed by atoms with E-state index in [1.807, 2.05) is 49.6 Å². The van der Waals surface area contributed by atoms with Gasteiger partial charge in [0.2, 0.25) is 0 Å². The highest BCUT2D eigenvalue weighted by Gasteiger charge is 2.15. The van der Waals surface area contributed by atoms with E-state index in [-0.39, 0.29) is 5.56 Å². The quantitative estimate of drug-likeness (QED) is 0.582. The maximum Gasteiger partial charge on any atom is 0.349 e. The summed E-state index contributed by atoms with van der Waals surface area (Å²) < 4.78 is 5.32. The summed E-state index contributed by atoms with van der Waals surface area (Å²) in [5, 5.41) is 3.51. The lowest BCUT2D eigenvalue weighted by atomic mass is 10.1. The number of carbonyl (C=O) groups is 1. The summed E-state index contributed by atoms with van der Waals surface area (Å²) in [6.45, 7) is 1.86. The molecule has 23 heavy (non-hydrogen) atoms. The molecule has 116 valence electrons. The average molecular weight is 325 g/mol. The second-order valence-electron chi connectivity index (χ2n) is 5.10. The first-order chi connectivity index (χ1) is 11.1. The molecule has 3 aromatic rings. The minimum Gasteiger partial charge on any atom is -0.422 e. The summed E-state index contributed by atoms with van der Waals surface area (Å²) in [4.78, 5) is 25.5. The monoisotopic (exact) mass is 325 g/mol. The van der Waals surface area contributed by atoms with Gasteiger partial charge < -0.3 is 9.73 Å². The van der Waals surface area contributed by atoms with Crippen molar-refractivity contribution in [3.63, 3.8) is 0 Å². The number of benzene rings is 2. The van der Waals surface area contributed by atoms with Crippen molar-refractivity contribution in [3.05, 3.63) is 70.1 Å². The zero-order chi connectivity index (χ0) is 16.4. The number of nitrogens with one attached hydrogen (secondary N) is 1. The van der Waals surface area contributed by atoms with Crippen molar-refractivity contribution in [2.75, 3.05) is 11.6 Å². The summed E-state index contributed by atoms with van der Waals surface area (Å²) in [5.74, 6) is -0.469. The van der Waals surface area contributed by atoms with E-state index in [0.29, 0.717) is 11.3 Å². The minimum absolute atomic E-state index is 0.000920. The molecule has 0 aliphatic rings. The maximum atomic E-state index is 12.5. The topological polar surface area (TPSA) is 59.3 Å². The van der Waals surface area contributed by atoms with Crippen LogP contribution in [0.3, 0.4) is 0 Å². The third kappa shape index (κ3) is 3.00. The number of aryl methyl sites for hydroxylation is 1. The van der Waals surface area contributed by atoms with Crippen LogP contribution < -0.4 is 10.9 Å². The Hall–Kier alpha value is -2.53. The van der Waals surface area contributed by atoms with Crippen LogP contribution >= 0.6 is 11.8 Å². The van der Waals surface area contributed by atoms with Crippen LogP contribution in [-0.4, -0.2) is 12.2 Å². The molecule has 0 fully saturated rings. The van der Waals surface area contributed by atoms with Crippen molar-refractivity contribution in [1.29, 1.82) is 0 Å². The van der Waals surface area contributed by atoms with E-state index >= 15 is 0 Å². The molecule has 0 saturated carbocycles. The van der Waals surface area contributed by atoms with Gasteiger partial charge in [0, 0.05) is 10.3 Å². The Balaban J connectivity index is 2.01. The molecule has 4 nitrogen and oxygen atoms in total. The number of fused-ring (bicyclic) bond motifs is 1. The Kier molecular flexibility index (Phi) is 4.21. The van der Waals surface area contributed by atoms with Gasteiger partial charge in [-0.05, 0) is 36.9 Å². The van der Waals surface area contributed by atoms with E-state index in [0.717, 1.165) is 15.8 Å². The van der Waals surface area contributed by atoms with Gasteiger partial charge in [-0.2, -0.15) is 0 Å². The lowest BCUT2D eigenvalue weighted by Gasteiger charge is -2.09. The zero-order valence-electron chi connectivity index (χ0n) is 12.8. The number of thioether (sulfide) groups is 1. The van der Waals surface area contributed by atoms with Crippen molar-refractivity contribution in [2.45, 2.75) is 11.8 Å². The van der Waals surface area contributed by atoms with Gasteiger partial charge in [0.1, 0.15) is 11.1 Å². The third-order valence-corrected chi connectivity index (χ3v) is 4.35. The summed E-state index contributed by atoms with van der Waals surface area (Å²) in [6, 6.07) is 14.6. The number of rotatable bonds is 3. The number of amides is 1. The molecule has 2 aromatic carbocycles. The molecule has 0 atom stereocenters. The first-order valence-corrected chi connectivity index (χ1v) is 8.30. The number of hydrogen-bond acceptors (Lipinski definition) is 4. The fraction of sp³-hybridized carbons (Fsp3) is 0.111. The van der Waals surface area contributed by atoms with Gasteiger partial charge in [-0.1, -0.05) is 30.3 Å². The van der Waals surface area contributed by atoms with Crippen LogP contribution in [0.2, 0.25) is 0 Å². The molecule has 0 radical (unpaired) electrons. The van der Waals surface area contributed by atoms with Crippen LogP contribution in [0.4, 0.5) is 5.69 Å². The molecule has 5 heteroatoms. The smallest absolute Gasteiger partial charge is 0.349 e. The first-order valence-electron chi connectivity index (χ1n) is 7.08. The van der Waals surface area contributed by atoms with E-state index in [1.54, 1.807) is 12.1 Å². The van der Waals surface area contributed by atoms with Crippen LogP contribution in [0.15, 0.2) is 62.6 Å². The molecule has 0 unspecified atom stereocenters. The van der Waals surface area contributed by atoms with E-state index in [9.17, 15) is 9.59 Å². The number of carbonyl (C=O) groups excluding carboxylic acids is 1. The summed E-state index contributed by atoms with van der Waals surface area (Å²) in [7, 11) is 0. The molecule has 0 spiro atoms. The van der Waals surface area contributed by atoms with Crippen molar-refractivity contribution in [3.8, 4) is 0 Å². The van der Waals surface area contributed by atoms with Gasteiger partial charge >= 0.3 is 5.63 Å². The van der Waals surface area contributed by atoms with Crippen LogP contribution in [-0.2, 0) is 0 Å². The molecule has 1 aromatic heterocycles. The molecular formula is C18H15NO3S. The second-order valence-corrected chi connectivity index (χ2v) is 5.94. The molecule has 0 aliphatic carbocycles. The molecule has 1 N–H and O–H groups in total. The Morgan fingerprint density at radius 3 is 2.70 bits per heavy atom. The van der Waals surface area contributed by atoms with Crippen molar-refractivity contribution < 1.29 is 9.21 Å². The van der Waals surface area contributed by atoms with Gasteiger partial charge in [0.15, 0.2) is 0 Å². The van der Waals surface area contributed by atoms with Crippen LogP contribution in [0.5, 0.6) is 0 Å². The largest absolute Gasteiger partial charge is 0.422 e. The van der Waals surface area contributed by atoms with Crippen LogP contribution in [0.1, 0.15) is 15.9 Å². The third-order valence-electron chi connectivity index (χ3n) is 3.56. The molecule has 0 bridgehead atoms. The molecule has 1 heterocycles. The van der Waals surface area contributed by atoms with Crippen molar-refractivity contribution >= 4 is 34.3 Å². The standard InChI is InChI=1S/C18H15NO3S/c1-11-6-5-7-12-10-13(18(21)22-16(11)12)17(20)19-14-8-3-4-9-15(14)23-2/h3-10H,1-2H3,(H,19,20). The number of anilines is 1. The van der Waals surface area contributed by atoms with Crippen molar-refractivity contribution in [1.82, 2.24) is 0 Å². The Labute approximate surface area is 137 Å². The summed E-state index contributed by atoms with van der Waals surface area (Å²) in [6.07, 6.45) is 1.93. The SMILES string of the molecule is CSc1ccccc1NC(=O)c1cc2cccc(C)c2oc1=O. The fourth-order valence-electron chi connectivity index (χ4n) is 2.39. The van der Waals surface area contributed by atoms with Crippen LogP contribution in [0, 0.1) is 6.92 Å². The van der Waals surface area contributed by atoms with Gasteiger partial charge in [0.25, 0.3) is 5.91 Å². The molecule has 0 saturated heterocycles.